The molecule has 9 heteroatoms. The molecule has 1 aliphatic heterocycles. The number of halogens is 3. The van der Waals surface area contributed by atoms with E-state index in [1.165, 1.54) is 12.1 Å². The van der Waals surface area contributed by atoms with Crippen LogP contribution in [0.4, 0.5) is 24.8 Å². The largest absolute Gasteiger partial charge is 0.573 e. The van der Waals surface area contributed by atoms with Gasteiger partial charge < -0.3 is 20.1 Å². The number of alkyl halides is 3. The van der Waals surface area contributed by atoms with Crippen LogP contribution in [0.5, 0.6) is 5.75 Å². The highest BCUT2D eigenvalue weighted by atomic mass is 19.4. The number of ether oxygens (including phenoxy) is 1. The summed E-state index contributed by atoms with van der Waals surface area (Å²) in [6.07, 6.45) is -4.02. The zero-order chi connectivity index (χ0) is 21.2. The maximum Gasteiger partial charge on any atom is 0.573 e. The van der Waals surface area contributed by atoms with Crippen molar-refractivity contribution in [2.45, 2.75) is 52.1 Å². The van der Waals surface area contributed by atoms with Crippen molar-refractivity contribution in [3.05, 3.63) is 41.2 Å². The zero-order valence-corrected chi connectivity index (χ0v) is 16.6. The number of hydrogen-bond acceptors (Lipinski definition) is 6. The van der Waals surface area contributed by atoms with Gasteiger partial charge in [-0.3, -0.25) is 0 Å². The van der Waals surface area contributed by atoms with Crippen LogP contribution in [0.2, 0.25) is 0 Å². The fourth-order valence-electron chi connectivity index (χ4n) is 3.17. The second kappa shape index (κ2) is 8.44. The van der Waals surface area contributed by atoms with Gasteiger partial charge in [0.05, 0.1) is 6.61 Å². The minimum Gasteiger partial charge on any atom is -0.406 e. The Morgan fingerprint density at radius 1 is 1.17 bits per heavy atom. The fourth-order valence-corrected chi connectivity index (χ4v) is 3.17. The number of anilines is 2. The maximum absolute atomic E-state index is 12.5. The first-order valence-corrected chi connectivity index (χ1v) is 9.53. The Bertz CT molecular complexity index is 858. The Morgan fingerprint density at radius 3 is 2.59 bits per heavy atom. The third-order valence-corrected chi connectivity index (χ3v) is 4.66. The van der Waals surface area contributed by atoms with E-state index in [-0.39, 0.29) is 24.3 Å². The van der Waals surface area contributed by atoms with Crippen molar-refractivity contribution >= 4 is 11.6 Å². The van der Waals surface area contributed by atoms with Crippen LogP contribution >= 0.6 is 0 Å². The van der Waals surface area contributed by atoms with Crippen molar-refractivity contribution in [2.24, 2.45) is 0 Å². The van der Waals surface area contributed by atoms with E-state index in [1.54, 1.807) is 12.1 Å². The summed E-state index contributed by atoms with van der Waals surface area (Å²) >= 11 is 0. The van der Waals surface area contributed by atoms with Gasteiger partial charge in [-0.2, -0.15) is 0 Å². The van der Waals surface area contributed by atoms with Crippen LogP contribution < -0.4 is 15.0 Å². The Balaban J connectivity index is 1.87. The molecule has 2 N–H and O–H groups in total. The van der Waals surface area contributed by atoms with Gasteiger partial charge in [0.2, 0.25) is 0 Å². The highest BCUT2D eigenvalue weighted by molar-refractivity contribution is 5.52. The lowest BCUT2D eigenvalue weighted by Gasteiger charge is -2.31. The molecule has 6 nitrogen and oxygen atoms in total. The van der Waals surface area contributed by atoms with Crippen molar-refractivity contribution in [3.63, 3.8) is 0 Å². The van der Waals surface area contributed by atoms with Crippen LogP contribution in [0.3, 0.4) is 0 Å². The van der Waals surface area contributed by atoms with Gasteiger partial charge in [0.15, 0.2) is 0 Å². The van der Waals surface area contributed by atoms with Gasteiger partial charge in [-0.05, 0) is 36.6 Å². The number of nitrogens with zero attached hydrogens (tertiary/aromatic N) is 3. The van der Waals surface area contributed by atoms with E-state index >= 15 is 0 Å². The molecule has 2 heterocycles. The lowest BCUT2D eigenvalue weighted by Crippen LogP contribution is -2.32. The first kappa shape index (κ1) is 21.2. The molecule has 158 valence electrons. The number of aliphatic hydroxyl groups excluding tert-OH is 1. The number of aliphatic hydroxyl groups is 1. The Labute approximate surface area is 167 Å². The lowest BCUT2D eigenvalue weighted by molar-refractivity contribution is -0.274. The van der Waals surface area contributed by atoms with Crippen LogP contribution in [-0.4, -0.2) is 40.6 Å². The summed E-state index contributed by atoms with van der Waals surface area (Å²) in [5, 5.41) is 12.4. The molecule has 0 spiro atoms. The standard InChI is InChI=1S/C20H25F3N4O2/c1-12(2)19-25-17(24-13(3)11-28)9-18(26-19)27-7-6-14-4-5-16(8-15(14)10-27)29-20(21,22)23/h4-5,8-9,12-13,28H,6-7,10-11H2,1-3H3,(H,24,25,26)/t13-/m0/s1. The number of aromatic nitrogens is 2. The van der Waals surface area contributed by atoms with Crippen molar-refractivity contribution in [1.29, 1.82) is 0 Å². The van der Waals surface area contributed by atoms with E-state index in [4.69, 9.17) is 0 Å². The molecule has 1 aliphatic rings. The summed E-state index contributed by atoms with van der Waals surface area (Å²) in [5.74, 6) is 1.85. The highest BCUT2D eigenvalue weighted by Crippen LogP contribution is 2.30. The van der Waals surface area contributed by atoms with Gasteiger partial charge in [-0.1, -0.05) is 19.9 Å². The van der Waals surface area contributed by atoms with E-state index in [2.05, 4.69) is 20.0 Å². The number of fused-ring (bicyclic) bond motifs is 1. The number of benzene rings is 1. The van der Waals surface area contributed by atoms with Crippen LogP contribution in [0.15, 0.2) is 24.3 Å². The van der Waals surface area contributed by atoms with Gasteiger partial charge >= 0.3 is 6.36 Å². The molecule has 3 rings (SSSR count). The van der Waals surface area contributed by atoms with Crippen molar-refractivity contribution in [3.8, 4) is 5.75 Å². The smallest absolute Gasteiger partial charge is 0.406 e. The minimum atomic E-state index is -4.72. The molecule has 2 aromatic rings. The van der Waals surface area contributed by atoms with E-state index in [1.807, 2.05) is 25.7 Å². The Kier molecular flexibility index (Phi) is 6.16. The predicted molar refractivity (Wildman–Crippen MR) is 104 cm³/mol. The maximum atomic E-state index is 12.5. The van der Waals surface area contributed by atoms with Crippen LogP contribution in [0.25, 0.3) is 0 Å². The van der Waals surface area contributed by atoms with Crippen molar-refractivity contribution in [2.75, 3.05) is 23.4 Å². The molecule has 1 aromatic heterocycles. The zero-order valence-electron chi connectivity index (χ0n) is 16.6. The molecule has 0 aliphatic carbocycles. The summed E-state index contributed by atoms with van der Waals surface area (Å²) in [7, 11) is 0. The molecule has 0 amide bonds. The quantitative estimate of drug-likeness (QED) is 0.754. The molecule has 0 unspecified atom stereocenters. The molecule has 0 bridgehead atoms. The third-order valence-electron chi connectivity index (χ3n) is 4.66. The summed E-state index contributed by atoms with van der Waals surface area (Å²) < 4.78 is 41.7. The summed E-state index contributed by atoms with van der Waals surface area (Å²) in [6.45, 7) is 6.91. The number of hydrogen-bond donors (Lipinski definition) is 2. The molecule has 1 atom stereocenters. The van der Waals surface area contributed by atoms with E-state index in [0.29, 0.717) is 37.0 Å². The van der Waals surface area contributed by atoms with Gasteiger partial charge in [0, 0.05) is 31.1 Å². The minimum absolute atomic E-state index is 0.0323. The fraction of sp³-hybridized carbons (Fsp3) is 0.500. The molecular weight excluding hydrogens is 385 g/mol. The van der Waals surface area contributed by atoms with E-state index < -0.39 is 6.36 Å². The van der Waals surface area contributed by atoms with Gasteiger partial charge in [0.1, 0.15) is 23.2 Å². The SMILES string of the molecule is CC(C)c1nc(N[C@@H](C)CO)cc(N2CCc3ccc(OC(F)(F)F)cc3C2)n1. The summed E-state index contributed by atoms with van der Waals surface area (Å²) in [6, 6.07) is 6.11. The Hall–Kier alpha value is -2.55. The van der Waals surface area contributed by atoms with Crippen LogP contribution in [0.1, 0.15) is 43.6 Å². The molecule has 29 heavy (non-hydrogen) atoms. The predicted octanol–water partition coefficient (Wildman–Crippen LogP) is 3.85. The first-order chi connectivity index (χ1) is 13.6. The van der Waals surface area contributed by atoms with Crippen LogP contribution in [0, 0.1) is 0 Å². The van der Waals surface area contributed by atoms with Crippen molar-refractivity contribution in [1.82, 2.24) is 9.97 Å². The topological polar surface area (TPSA) is 70.5 Å². The molecular formula is C20H25F3N4O2. The molecule has 0 saturated heterocycles. The molecule has 1 aromatic carbocycles. The van der Waals surface area contributed by atoms with Gasteiger partial charge in [-0.15, -0.1) is 13.2 Å². The second-order valence-electron chi connectivity index (χ2n) is 7.50. The average Bonchev–Trinajstić information content (AvgIpc) is 2.65. The lowest BCUT2D eigenvalue weighted by atomic mass is 9.99. The monoisotopic (exact) mass is 410 g/mol. The molecule has 0 fully saturated rings. The third kappa shape index (κ3) is 5.50. The van der Waals surface area contributed by atoms with Crippen LogP contribution in [-0.2, 0) is 13.0 Å². The van der Waals surface area contributed by atoms with Gasteiger partial charge in [0.25, 0.3) is 0 Å². The summed E-state index contributed by atoms with van der Waals surface area (Å²) in [4.78, 5) is 11.2. The number of nitrogens with one attached hydrogen (secondary N) is 1. The Morgan fingerprint density at radius 2 is 1.93 bits per heavy atom. The number of rotatable bonds is 6. The molecule has 0 saturated carbocycles. The second-order valence-corrected chi connectivity index (χ2v) is 7.50. The van der Waals surface area contributed by atoms with E-state index in [9.17, 15) is 18.3 Å². The average molecular weight is 410 g/mol. The van der Waals surface area contributed by atoms with E-state index in [0.717, 1.165) is 11.1 Å². The summed E-state index contributed by atoms with van der Waals surface area (Å²) in [5.41, 5.74) is 1.78. The highest BCUT2D eigenvalue weighted by Gasteiger charge is 2.31. The van der Waals surface area contributed by atoms with Gasteiger partial charge in [-0.25, -0.2) is 9.97 Å². The van der Waals surface area contributed by atoms with Crippen molar-refractivity contribution < 1.29 is 23.0 Å². The first-order valence-electron chi connectivity index (χ1n) is 9.53. The molecule has 0 radical (unpaired) electrons. The normalized spacial score (nSPS) is 15.2.